The van der Waals surface area contributed by atoms with E-state index in [1.165, 1.54) is 25.0 Å². The molecule has 1 aliphatic carbocycles. The third-order valence-electron chi connectivity index (χ3n) is 2.63. The summed E-state index contributed by atoms with van der Waals surface area (Å²) in [6, 6.07) is 0. The van der Waals surface area contributed by atoms with Gasteiger partial charge in [0.2, 0.25) is 0 Å². The van der Waals surface area contributed by atoms with Crippen molar-refractivity contribution in [1.29, 1.82) is 0 Å². The fraction of sp³-hybridized carbons (Fsp3) is 0.778. The fourth-order valence-electron chi connectivity index (χ4n) is 2.00. The smallest absolute Gasteiger partial charge is 0.0113 e. The van der Waals surface area contributed by atoms with Crippen LogP contribution in [0.25, 0.3) is 0 Å². The molecule has 0 radical (unpaired) electrons. The maximum atomic E-state index is 2.43. The van der Waals surface area contributed by atoms with E-state index in [0.717, 1.165) is 11.2 Å². The van der Waals surface area contributed by atoms with Gasteiger partial charge in [-0.15, -0.1) is 0 Å². The minimum absolute atomic E-state index is 0.990. The van der Waals surface area contributed by atoms with Gasteiger partial charge in [-0.2, -0.15) is 11.8 Å². The van der Waals surface area contributed by atoms with Gasteiger partial charge in [0.1, 0.15) is 0 Å². The van der Waals surface area contributed by atoms with Crippen molar-refractivity contribution >= 4 is 11.8 Å². The summed E-state index contributed by atoms with van der Waals surface area (Å²) >= 11 is 2.18. The molecule has 0 N–H and O–H groups in total. The highest BCUT2D eigenvalue weighted by molar-refractivity contribution is 8.00. The van der Waals surface area contributed by atoms with Crippen molar-refractivity contribution in [2.24, 2.45) is 5.92 Å². The molecule has 1 aliphatic heterocycles. The van der Waals surface area contributed by atoms with Gasteiger partial charge in [-0.05, 0) is 37.9 Å². The third-order valence-corrected chi connectivity index (χ3v) is 4.11. The molecular formula is C9H14S. The van der Waals surface area contributed by atoms with Crippen LogP contribution in [0, 0.1) is 5.92 Å². The average molecular weight is 154 g/mol. The van der Waals surface area contributed by atoms with Gasteiger partial charge < -0.3 is 0 Å². The lowest BCUT2D eigenvalue weighted by molar-refractivity contribution is 0.490. The molecule has 1 fully saturated rings. The Labute approximate surface area is 67.1 Å². The van der Waals surface area contributed by atoms with Gasteiger partial charge in [-0.1, -0.05) is 11.6 Å². The molecule has 1 saturated heterocycles. The molecule has 0 bridgehead atoms. The van der Waals surface area contributed by atoms with Crippen molar-refractivity contribution in [3.8, 4) is 0 Å². The standard InChI is InChI=1S/C9H14S/c1-7-2-3-9-8(6-7)4-5-10-9/h2,8-9H,3-6H2,1H3. The van der Waals surface area contributed by atoms with Crippen LogP contribution in [0.5, 0.6) is 0 Å². The second-order valence-corrected chi connectivity index (χ2v) is 4.80. The van der Waals surface area contributed by atoms with E-state index in [0.29, 0.717) is 0 Å². The first kappa shape index (κ1) is 6.78. The van der Waals surface area contributed by atoms with E-state index in [1.54, 1.807) is 5.57 Å². The Morgan fingerprint density at radius 1 is 1.60 bits per heavy atom. The first-order valence-electron chi connectivity index (χ1n) is 4.13. The Balaban J connectivity index is 2.08. The van der Waals surface area contributed by atoms with Crippen LogP contribution in [0.15, 0.2) is 11.6 Å². The lowest BCUT2D eigenvalue weighted by Crippen LogP contribution is -2.15. The van der Waals surface area contributed by atoms with Crippen LogP contribution < -0.4 is 0 Å². The number of allylic oxidation sites excluding steroid dienone is 2. The van der Waals surface area contributed by atoms with Crippen molar-refractivity contribution in [3.05, 3.63) is 11.6 Å². The molecule has 56 valence electrons. The molecule has 1 heterocycles. The SMILES string of the molecule is CC1=CCC2SCCC2C1. The van der Waals surface area contributed by atoms with E-state index in [-0.39, 0.29) is 0 Å². The van der Waals surface area contributed by atoms with Crippen molar-refractivity contribution in [3.63, 3.8) is 0 Å². The maximum absolute atomic E-state index is 2.43. The predicted molar refractivity (Wildman–Crippen MR) is 47.3 cm³/mol. The summed E-state index contributed by atoms with van der Waals surface area (Å²) in [5.74, 6) is 2.45. The topological polar surface area (TPSA) is 0 Å². The van der Waals surface area contributed by atoms with Crippen LogP contribution in [0.4, 0.5) is 0 Å². The van der Waals surface area contributed by atoms with Gasteiger partial charge in [0.25, 0.3) is 0 Å². The zero-order valence-corrected chi connectivity index (χ0v) is 7.29. The minimum Gasteiger partial charge on any atom is -0.158 e. The summed E-state index contributed by atoms with van der Waals surface area (Å²) in [6.07, 6.45) is 6.64. The minimum atomic E-state index is 0.990. The summed E-state index contributed by atoms with van der Waals surface area (Å²) < 4.78 is 0. The quantitative estimate of drug-likeness (QED) is 0.483. The van der Waals surface area contributed by atoms with Gasteiger partial charge in [-0.25, -0.2) is 0 Å². The van der Waals surface area contributed by atoms with E-state index in [1.807, 2.05) is 0 Å². The molecule has 10 heavy (non-hydrogen) atoms. The Hall–Kier alpha value is 0.0900. The van der Waals surface area contributed by atoms with E-state index in [4.69, 9.17) is 0 Å². The number of rotatable bonds is 0. The molecule has 0 nitrogen and oxygen atoms in total. The highest BCUT2D eigenvalue weighted by Crippen LogP contribution is 2.41. The molecule has 0 saturated carbocycles. The van der Waals surface area contributed by atoms with Crippen LogP contribution in [-0.4, -0.2) is 11.0 Å². The summed E-state index contributed by atoms with van der Waals surface area (Å²) in [5, 5.41) is 0.990. The van der Waals surface area contributed by atoms with Gasteiger partial charge in [0, 0.05) is 5.25 Å². The largest absolute Gasteiger partial charge is 0.158 e. The summed E-state index contributed by atoms with van der Waals surface area (Å²) in [7, 11) is 0. The molecule has 0 aromatic rings. The number of fused-ring (bicyclic) bond motifs is 1. The first-order chi connectivity index (χ1) is 4.86. The molecule has 0 aromatic carbocycles. The second kappa shape index (κ2) is 2.61. The summed E-state index contributed by atoms with van der Waals surface area (Å²) in [4.78, 5) is 0. The lowest BCUT2D eigenvalue weighted by Gasteiger charge is -2.22. The van der Waals surface area contributed by atoms with Crippen LogP contribution in [0.2, 0.25) is 0 Å². The van der Waals surface area contributed by atoms with Gasteiger partial charge in [-0.3, -0.25) is 0 Å². The Bertz CT molecular complexity index is 160. The Morgan fingerprint density at radius 3 is 3.40 bits per heavy atom. The lowest BCUT2D eigenvalue weighted by atomic mass is 9.88. The molecule has 0 spiro atoms. The highest BCUT2D eigenvalue weighted by atomic mass is 32.2. The number of hydrogen-bond donors (Lipinski definition) is 0. The van der Waals surface area contributed by atoms with Crippen molar-refractivity contribution < 1.29 is 0 Å². The fourth-order valence-corrected chi connectivity index (χ4v) is 3.48. The Kier molecular flexibility index (Phi) is 1.77. The molecule has 0 aromatic heterocycles. The summed E-state index contributed by atoms with van der Waals surface area (Å²) in [6.45, 7) is 2.28. The molecule has 0 amide bonds. The van der Waals surface area contributed by atoms with Crippen molar-refractivity contribution in [1.82, 2.24) is 0 Å². The number of hydrogen-bond acceptors (Lipinski definition) is 1. The maximum Gasteiger partial charge on any atom is 0.0113 e. The van der Waals surface area contributed by atoms with Crippen LogP contribution in [-0.2, 0) is 0 Å². The van der Waals surface area contributed by atoms with Crippen molar-refractivity contribution in [2.75, 3.05) is 5.75 Å². The normalized spacial score (nSPS) is 39.1. The first-order valence-corrected chi connectivity index (χ1v) is 5.18. The van der Waals surface area contributed by atoms with Gasteiger partial charge in [0.05, 0.1) is 0 Å². The monoisotopic (exact) mass is 154 g/mol. The molecular weight excluding hydrogens is 140 g/mol. The molecule has 2 unspecified atom stereocenters. The van der Waals surface area contributed by atoms with E-state index >= 15 is 0 Å². The van der Waals surface area contributed by atoms with Crippen LogP contribution in [0.3, 0.4) is 0 Å². The highest BCUT2D eigenvalue weighted by Gasteiger charge is 2.29. The number of thioether (sulfide) groups is 1. The van der Waals surface area contributed by atoms with Crippen molar-refractivity contribution in [2.45, 2.75) is 31.4 Å². The Morgan fingerprint density at radius 2 is 2.50 bits per heavy atom. The third kappa shape index (κ3) is 1.12. The predicted octanol–water partition coefficient (Wildman–Crippen LogP) is 2.85. The summed E-state index contributed by atoms with van der Waals surface area (Å²) in [5.41, 5.74) is 1.63. The van der Waals surface area contributed by atoms with Gasteiger partial charge in [0.15, 0.2) is 0 Å². The van der Waals surface area contributed by atoms with Crippen LogP contribution >= 0.6 is 11.8 Å². The molecule has 2 aliphatic rings. The van der Waals surface area contributed by atoms with E-state index in [2.05, 4.69) is 24.8 Å². The van der Waals surface area contributed by atoms with Gasteiger partial charge >= 0.3 is 0 Å². The molecule has 2 atom stereocenters. The van der Waals surface area contributed by atoms with E-state index in [9.17, 15) is 0 Å². The molecule has 1 heteroatoms. The second-order valence-electron chi connectivity index (χ2n) is 3.45. The average Bonchev–Trinajstić information content (AvgIpc) is 2.33. The molecule has 2 rings (SSSR count). The van der Waals surface area contributed by atoms with E-state index < -0.39 is 0 Å². The van der Waals surface area contributed by atoms with Crippen LogP contribution in [0.1, 0.15) is 26.2 Å². The zero-order valence-electron chi connectivity index (χ0n) is 6.47. The zero-order chi connectivity index (χ0) is 6.97.